The lowest BCUT2D eigenvalue weighted by Gasteiger charge is -2.12. The van der Waals surface area contributed by atoms with E-state index in [0.717, 1.165) is 22.5 Å². The highest BCUT2D eigenvalue weighted by Crippen LogP contribution is 2.22. The number of ether oxygens (including phenoxy) is 1. The van der Waals surface area contributed by atoms with Gasteiger partial charge in [-0.25, -0.2) is 0 Å². The van der Waals surface area contributed by atoms with Gasteiger partial charge in [0.05, 0.1) is 5.71 Å². The van der Waals surface area contributed by atoms with Crippen LogP contribution in [-0.2, 0) is 0 Å². The maximum Gasteiger partial charge on any atom is 0.387 e. The number of alkyl halides is 2. The molecule has 0 unspecified atom stereocenters. The molecule has 0 saturated heterocycles. The topological polar surface area (TPSA) is 45.7 Å². The predicted octanol–water partition coefficient (Wildman–Crippen LogP) is 5.35. The molecule has 0 bridgehead atoms. The van der Waals surface area contributed by atoms with Crippen molar-refractivity contribution in [2.75, 3.05) is 5.32 Å². The molecule has 0 aliphatic rings. The molecule has 138 valence electrons. The Labute approximate surface area is 161 Å². The fourth-order valence-corrected chi connectivity index (χ4v) is 2.52. The van der Waals surface area contributed by atoms with Gasteiger partial charge in [0.25, 0.3) is 0 Å². The number of halogens is 3. The van der Waals surface area contributed by atoms with Crippen LogP contribution in [0.5, 0.6) is 5.75 Å². The Morgan fingerprint density at radius 3 is 2.54 bits per heavy atom. The number of hydrogen-bond acceptors (Lipinski definition) is 3. The van der Waals surface area contributed by atoms with Crippen LogP contribution >= 0.6 is 23.8 Å². The van der Waals surface area contributed by atoms with Gasteiger partial charge in [-0.3, -0.25) is 5.43 Å². The fraction of sp³-hybridized carbons (Fsp3) is 0.222. The van der Waals surface area contributed by atoms with Crippen molar-refractivity contribution in [2.45, 2.75) is 26.9 Å². The number of benzene rings is 2. The highest BCUT2D eigenvalue weighted by Gasteiger charge is 2.07. The monoisotopic (exact) mass is 397 g/mol. The van der Waals surface area contributed by atoms with Gasteiger partial charge in [-0.1, -0.05) is 24.6 Å². The second-order valence-electron chi connectivity index (χ2n) is 5.29. The number of rotatable bonds is 6. The average Bonchev–Trinajstić information content (AvgIpc) is 2.60. The fourth-order valence-electron chi connectivity index (χ4n) is 2.19. The minimum atomic E-state index is -2.85. The molecule has 0 atom stereocenters. The van der Waals surface area contributed by atoms with E-state index in [1.165, 1.54) is 12.1 Å². The Morgan fingerprint density at radius 1 is 1.23 bits per heavy atom. The van der Waals surface area contributed by atoms with Gasteiger partial charge in [-0.15, -0.1) is 0 Å². The third-order valence-corrected chi connectivity index (χ3v) is 4.16. The molecular formula is C18H18ClF2N3OS. The summed E-state index contributed by atoms with van der Waals surface area (Å²) in [5.41, 5.74) is 5.96. The molecule has 0 aliphatic heterocycles. The number of thiocarbonyl (C=S) groups is 1. The molecule has 0 saturated carbocycles. The van der Waals surface area contributed by atoms with Gasteiger partial charge in [0.2, 0.25) is 0 Å². The van der Waals surface area contributed by atoms with Gasteiger partial charge in [0.1, 0.15) is 5.75 Å². The molecule has 2 rings (SSSR count). The van der Waals surface area contributed by atoms with Gasteiger partial charge in [0, 0.05) is 10.7 Å². The third-order valence-electron chi connectivity index (χ3n) is 3.56. The molecule has 0 fully saturated rings. The summed E-state index contributed by atoms with van der Waals surface area (Å²) >= 11 is 11.3. The first kappa shape index (κ1) is 20.1. The number of hydrogen-bond donors (Lipinski definition) is 2. The Balaban J connectivity index is 2.04. The number of nitrogens with zero attached hydrogens (tertiary/aromatic N) is 1. The average molecular weight is 398 g/mol. The van der Waals surface area contributed by atoms with Gasteiger partial charge in [0.15, 0.2) is 5.11 Å². The summed E-state index contributed by atoms with van der Waals surface area (Å²) in [5, 5.41) is 8.29. The van der Waals surface area contributed by atoms with Crippen molar-refractivity contribution in [1.29, 1.82) is 0 Å². The first-order valence-electron chi connectivity index (χ1n) is 7.84. The quantitative estimate of drug-likeness (QED) is 0.392. The zero-order chi connectivity index (χ0) is 19.1. The second kappa shape index (κ2) is 9.45. The highest BCUT2D eigenvalue weighted by molar-refractivity contribution is 7.80. The summed E-state index contributed by atoms with van der Waals surface area (Å²) in [6.45, 7) is 0.971. The molecule has 2 N–H and O–H groups in total. The molecule has 8 heteroatoms. The van der Waals surface area contributed by atoms with E-state index in [2.05, 4.69) is 20.6 Å². The van der Waals surface area contributed by atoms with Gasteiger partial charge in [-0.05, 0) is 73.1 Å². The van der Waals surface area contributed by atoms with Crippen molar-refractivity contribution in [3.63, 3.8) is 0 Å². The molecule has 26 heavy (non-hydrogen) atoms. The Hall–Kier alpha value is -2.25. The molecule has 0 radical (unpaired) electrons. The van der Waals surface area contributed by atoms with Gasteiger partial charge in [-0.2, -0.15) is 13.9 Å². The molecule has 0 aliphatic carbocycles. The lowest BCUT2D eigenvalue weighted by molar-refractivity contribution is -0.0498. The van der Waals surface area contributed by atoms with Crippen LogP contribution in [0.2, 0.25) is 5.02 Å². The van der Waals surface area contributed by atoms with Crippen LogP contribution in [0.4, 0.5) is 14.5 Å². The second-order valence-corrected chi connectivity index (χ2v) is 6.11. The smallest absolute Gasteiger partial charge is 0.387 e. The maximum absolute atomic E-state index is 12.2. The minimum absolute atomic E-state index is 0.0979. The molecule has 0 spiro atoms. The van der Waals surface area contributed by atoms with Gasteiger partial charge < -0.3 is 10.1 Å². The first-order valence-corrected chi connectivity index (χ1v) is 8.63. The van der Waals surface area contributed by atoms with Crippen molar-refractivity contribution in [2.24, 2.45) is 5.10 Å². The van der Waals surface area contributed by atoms with Crippen LogP contribution in [0.3, 0.4) is 0 Å². The summed E-state index contributed by atoms with van der Waals surface area (Å²) in [4.78, 5) is 0. The first-order chi connectivity index (χ1) is 12.4. The van der Waals surface area contributed by atoms with Crippen LogP contribution < -0.4 is 15.5 Å². The predicted molar refractivity (Wildman–Crippen MR) is 105 cm³/mol. The number of anilines is 1. The number of hydrazone groups is 1. The van der Waals surface area contributed by atoms with Crippen LogP contribution in [0.25, 0.3) is 0 Å². The molecule has 2 aromatic rings. The van der Waals surface area contributed by atoms with Crippen LogP contribution in [0, 0.1) is 6.92 Å². The van der Waals surface area contributed by atoms with Crippen molar-refractivity contribution in [3.05, 3.63) is 58.6 Å². The normalized spacial score (nSPS) is 11.4. The molecular weight excluding hydrogens is 380 g/mol. The molecule has 0 amide bonds. The maximum atomic E-state index is 12.2. The molecule has 2 aromatic carbocycles. The lowest BCUT2D eigenvalue weighted by atomic mass is 10.1. The Bertz CT molecular complexity index is 798. The van der Waals surface area contributed by atoms with Gasteiger partial charge >= 0.3 is 6.61 Å². The summed E-state index contributed by atoms with van der Waals surface area (Å²) in [7, 11) is 0. The Morgan fingerprint density at radius 2 is 1.92 bits per heavy atom. The van der Waals surface area contributed by atoms with E-state index in [1.54, 1.807) is 18.2 Å². The summed E-state index contributed by atoms with van der Waals surface area (Å²) in [5.74, 6) is 0.0979. The summed E-state index contributed by atoms with van der Waals surface area (Å²) in [6.07, 6.45) is 0.626. The number of nitrogens with one attached hydrogen (secondary N) is 2. The summed E-state index contributed by atoms with van der Waals surface area (Å²) < 4.78 is 28.7. The Kier molecular flexibility index (Phi) is 7.29. The molecule has 0 aromatic heterocycles. The van der Waals surface area contributed by atoms with E-state index in [-0.39, 0.29) is 5.75 Å². The van der Waals surface area contributed by atoms with E-state index < -0.39 is 6.61 Å². The standard InChI is InChI=1S/C18H18ClF2N3OS/c1-3-15(12-7-9-13(10-8-12)25-17(20)21)23-24-18(26)22-16-6-4-5-14(19)11(16)2/h4-10,17H,3H2,1-2H3,(H2,22,24,26)/b23-15+. The molecule has 4 nitrogen and oxygen atoms in total. The van der Waals surface area contributed by atoms with E-state index in [4.69, 9.17) is 23.8 Å². The van der Waals surface area contributed by atoms with E-state index >= 15 is 0 Å². The third kappa shape index (κ3) is 5.64. The SMILES string of the molecule is CC/C(=N\NC(=S)Nc1cccc(Cl)c1C)c1ccc(OC(F)F)cc1. The van der Waals surface area contributed by atoms with Crippen LogP contribution in [0.15, 0.2) is 47.6 Å². The van der Waals surface area contributed by atoms with Crippen molar-refractivity contribution in [1.82, 2.24) is 5.43 Å². The van der Waals surface area contributed by atoms with Crippen molar-refractivity contribution < 1.29 is 13.5 Å². The molecule has 0 heterocycles. The van der Waals surface area contributed by atoms with Crippen LogP contribution in [0.1, 0.15) is 24.5 Å². The zero-order valence-electron chi connectivity index (χ0n) is 14.2. The largest absolute Gasteiger partial charge is 0.435 e. The lowest BCUT2D eigenvalue weighted by Crippen LogP contribution is -2.25. The zero-order valence-corrected chi connectivity index (χ0v) is 15.8. The van der Waals surface area contributed by atoms with Crippen molar-refractivity contribution >= 4 is 40.3 Å². The highest BCUT2D eigenvalue weighted by atomic mass is 35.5. The van der Waals surface area contributed by atoms with E-state index in [1.807, 2.05) is 26.0 Å². The summed E-state index contributed by atoms with van der Waals surface area (Å²) in [6, 6.07) is 11.8. The van der Waals surface area contributed by atoms with E-state index in [9.17, 15) is 8.78 Å². The van der Waals surface area contributed by atoms with Crippen molar-refractivity contribution in [3.8, 4) is 5.75 Å². The minimum Gasteiger partial charge on any atom is -0.435 e. The van der Waals surface area contributed by atoms with Crippen LogP contribution in [-0.4, -0.2) is 17.4 Å². The van der Waals surface area contributed by atoms with E-state index in [0.29, 0.717) is 16.6 Å².